The quantitative estimate of drug-likeness (QED) is 0.393. The van der Waals surface area contributed by atoms with E-state index in [1.165, 1.54) is 5.56 Å². The molecule has 0 N–H and O–H groups in total. The van der Waals surface area contributed by atoms with Crippen LogP contribution in [0.1, 0.15) is 12.5 Å². The van der Waals surface area contributed by atoms with Gasteiger partial charge in [0.25, 0.3) is 0 Å². The zero-order valence-electron chi connectivity index (χ0n) is 15.1. The van der Waals surface area contributed by atoms with E-state index in [1.54, 1.807) is 0 Å². The summed E-state index contributed by atoms with van der Waals surface area (Å²) < 4.78 is 1.02. The number of aromatic nitrogens is 2. The molecule has 0 saturated heterocycles. The molecule has 0 aliphatic heterocycles. The number of rotatable bonds is 5. The van der Waals surface area contributed by atoms with Crippen LogP contribution in [0.15, 0.2) is 83.3 Å². The van der Waals surface area contributed by atoms with Crippen LogP contribution < -0.4 is 4.90 Å². The maximum atomic E-state index is 4.97. The molecule has 0 atom stereocenters. The third-order valence-corrected chi connectivity index (χ3v) is 5.06. The summed E-state index contributed by atoms with van der Waals surface area (Å²) in [5.41, 5.74) is 3.24. The molecule has 0 fully saturated rings. The van der Waals surface area contributed by atoms with E-state index in [0.717, 1.165) is 45.7 Å². The summed E-state index contributed by atoms with van der Waals surface area (Å²) >= 11 is 3.55. The van der Waals surface area contributed by atoms with Crippen LogP contribution in [0.3, 0.4) is 0 Å². The molecule has 0 spiro atoms. The molecule has 0 aliphatic carbocycles. The number of hydrogen-bond donors (Lipinski definition) is 0. The molecule has 0 amide bonds. The first kappa shape index (κ1) is 17.7. The van der Waals surface area contributed by atoms with Gasteiger partial charge in [-0.3, -0.25) is 0 Å². The van der Waals surface area contributed by atoms with Crippen LogP contribution in [-0.2, 0) is 6.54 Å². The van der Waals surface area contributed by atoms with Gasteiger partial charge in [-0.25, -0.2) is 9.97 Å². The smallest absolute Gasteiger partial charge is 0.162 e. The zero-order valence-corrected chi connectivity index (χ0v) is 16.7. The lowest BCUT2D eigenvalue weighted by atomic mass is 10.1. The molecule has 134 valence electrons. The Morgan fingerprint density at radius 2 is 1.63 bits per heavy atom. The average Bonchev–Trinajstić information content (AvgIpc) is 2.72. The summed E-state index contributed by atoms with van der Waals surface area (Å²) in [7, 11) is 0. The van der Waals surface area contributed by atoms with Gasteiger partial charge in [0, 0.05) is 28.5 Å². The van der Waals surface area contributed by atoms with Gasteiger partial charge >= 0.3 is 0 Å². The maximum absolute atomic E-state index is 4.97. The lowest BCUT2D eigenvalue weighted by Gasteiger charge is -2.24. The van der Waals surface area contributed by atoms with Gasteiger partial charge in [0.05, 0.1) is 5.52 Å². The van der Waals surface area contributed by atoms with Crippen molar-refractivity contribution in [3.05, 3.63) is 88.9 Å². The molecule has 4 aromatic rings. The third kappa shape index (κ3) is 3.86. The number of anilines is 1. The largest absolute Gasteiger partial charge is 0.352 e. The summed E-state index contributed by atoms with van der Waals surface area (Å²) in [5.74, 6) is 1.72. The fraction of sp³-hybridized carbons (Fsp3) is 0.130. The van der Waals surface area contributed by atoms with Gasteiger partial charge in [-0.15, -0.1) is 0 Å². The van der Waals surface area contributed by atoms with E-state index in [-0.39, 0.29) is 0 Å². The van der Waals surface area contributed by atoms with E-state index in [2.05, 4.69) is 70.2 Å². The Morgan fingerprint density at radius 3 is 2.41 bits per heavy atom. The van der Waals surface area contributed by atoms with E-state index >= 15 is 0 Å². The van der Waals surface area contributed by atoms with Gasteiger partial charge in [-0.05, 0) is 36.8 Å². The first-order valence-electron chi connectivity index (χ1n) is 9.06. The molecule has 0 radical (unpaired) electrons. The van der Waals surface area contributed by atoms with Gasteiger partial charge < -0.3 is 4.90 Å². The zero-order chi connectivity index (χ0) is 18.6. The highest BCUT2D eigenvalue weighted by molar-refractivity contribution is 9.10. The van der Waals surface area contributed by atoms with Crippen molar-refractivity contribution in [1.82, 2.24) is 9.97 Å². The van der Waals surface area contributed by atoms with E-state index in [9.17, 15) is 0 Å². The fourth-order valence-corrected chi connectivity index (χ4v) is 3.60. The van der Waals surface area contributed by atoms with Crippen LogP contribution in [0.25, 0.3) is 22.3 Å². The first-order valence-corrected chi connectivity index (χ1v) is 9.85. The molecule has 3 nitrogen and oxygen atoms in total. The molecule has 0 bridgehead atoms. The van der Waals surface area contributed by atoms with Crippen molar-refractivity contribution in [2.24, 2.45) is 0 Å². The Labute approximate surface area is 167 Å². The van der Waals surface area contributed by atoms with Crippen molar-refractivity contribution in [2.45, 2.75) is 13.5 Å². The summed E-state index contributed by atoms with van der Waals surface area (Å²) in [4.78, 5) is 12.1. The Hall–Kier alpha value is -2.72. The molecular formula is C23H20BrN3. The lowest BCUT2D eigenvalue weighted by Crippen LogP contribution is -2.23. The lowest BCUT2D eigenvalue weighted by molar-refractivity contribution is 0.817. The molecule has 3 aromatic carbocycles. The highest BCUT2D eigenvalue weighted by Crippen LogP contribution is 2.29. The standard InChI is InChI=1S/C23H20BrN3/c1-2-27(16-17-9-4-3-5-10-17)23-20-13-6-7-14-21(20)25-22(26-23)18-11-8-12-19(24)15-18/h3-15H,2,16H2,1H3. The van der Waals surface area contributed by atoms with Crippen LogP contribution in [-0.4, -0.2) is 16.5 Å². The molecule has 1 heterocycles. The average molecular weight is 418 g/mol. The number of hydrogen-bond acceptors (Lipinski definition) is 3. The second kappa shape index (κ2) is 7.89. The van der Waals surface area contributed by atoms with Crippen LogP contribution in [0.2, 0.25) is 0 Å². The SMILES string of the molecule is CCN(Cc1ccccc1)c1nc(-c2cccc(Br)c2)nc2ccccc12. The van der Waals surface area contributed by atoms with E-state index < -0.39 is 0 Å². The normalized spacial score (nSPS) is 10.9. The summed E-state index contributed by atoms with van der Waals surface area (Å²) in [6.45, 7) is 3.85. The topological polar surface area (TPSA) is 29.0 Å². The number of benzene rings is 3. The molecule has 0 saturated carbocycles. The van der Waals surface area contributed by atoms with Crippen molar-refractivity contribution in [1.29, 1.82) is 0 Å². The van der Waals surface area contributed by atoms with Crippen molar-refractivity contribution >= 4 is 32.7 Å². The highest BCUT2D eigenvalue weighted by Gasteiger charge is 2.15. The minimum absolute atomic E-state index is 0.747. The monoisotopic (exact) mass is 417 g/mol. The molecule has 1 aromatic heterocycles. The summed E-state index contributed by atoms with van der Waals surface area (Å²) in [6.07, 6.45) is 0. The minimum Gasteiger partial charge on any atom is -0.352 e. The minimum atomic E-state index is 0.747. The maximum Gasteiger partial charge on any atom is 0.162 e. The van der Waals surface area contributed by atoms with Crippen LogP contribution in [0.5, 0.6) is 0 Å². The molecular weight excluding hydrogens is 398 g/mol. The van der Waals surface area contributed by atoms with Crippen molar-refractivity contribution < 1.29 is 0 Å². The molecule has 0 aliphatic rings. The Bertz CT molecular complexity index is 1060. The van der Waals surface area contributed by atoms with E-state index in [4.69, 9.17) is 9.97 Å². The predicted molar refractivity (Wildman–Crippen MR) is 116 cm³/mol. The first-order chi connectivity index (χ1) is 13.2. The molecule has 27 heavy (non-hydrogen) atoms. The number of halogens is 1. The Balaban J connectivity index is 1.84. The third-order valence-electron chi connectivity index (χ3n) is 4.56. The van der Waals surface area contributed by atoms with Crippen molar-refractivity contribution in [3.63, 3.8) is 0 Å². The predicted octanol–water partition coefficient (Wildman–Crippen LogP) is 6.09. The number of fused-ring (bicyclic) bond motifs is 1. The van der Waals surface area contributed by atoms with Gasteiger partial charge in [0.2, 0.25) is 0 Å². The van der Waals surface area contributed by atoms with Crippen LogP contribution in [0, 0.1) is 0 Å². The van der Waals surface area contributed by atoms with Crippen LogP contribution >= 0.6 is 15.9 Å². The van der Waals surface area contributed by atoms with Crippen molar-refractivity contribution in [3.8, 4) is 11.4 Å². The van der Waals surface area contributed by atoms with E-state index in [1.807, 2.05) is 36.4 Å². The highest BCUT2D eigenvalue weighted by atomic mass is 79.9. The van der Waals surface area contributed by atoms with Crippen molar-refractivity contribution in [2.75, 3.05) is 11.4 Å². The van der Waals surface area contributed by atoms with Gasteiger partial charge in [-0.1, -0.05) is 70.5 Å². The summed E-state index contributed by atoms with van der Waals surface area (Å²) in [5, 5.41) is 1.08. The summed E-state index contributed by atoms with van der Waals surface area (Å²) in [6, 6.07) is 26.9. The Kier molecular flexibility index (Phi) is 5.16. The molecule has 0 unspecified atom stereocenters. The van der Waals surface area contributed by atoms with E-state index in [0.29, 0.717) is 0 Å². The molecule has 4 rings (SSSR count). The van der Waals surface area contributed by atoms with Crippen LogP contribution in [0.4, 0.5) is 5.82 Å². The molecule has 4 heteroatoms. The Morgan fingerprint density at radius 1 is 0.852 bits per heavy atom. The van der Waals surface area contributed by atoms with Gasteiger partial charge in [0.1, 0.15) is 5.82 Å². The number of nitrogens with zero attached hydrogens (tertiary/aromatic N) is 3. The number of para-hydroxylation sites is 1. The second-order valence-corrected chi connectivity index (χ2v) is 7.31. The second-order valence-electron chi connectivity index (χ2n) is 6.40. The fourth-order valence-electron chi connectivity index (χ4n) is 3.20. The van der Waals surface area contributed by atoms with Gasteiger partial charge in [0.15, 0.2) is 5.82 Å². The van der Waals surface area contributed by atoms with Gasteiger partial charge in [-0.2, -0.15) is 0 Å².